The van der Waals surface area contributed by atoms with Gasteiger partial charge in [0.05, 0.1) is 6.04 Å². The molecule has 2 aromatic carbocycles. The van der Waals surface area contributed by atoms with E-state index in [0.717, 1.165) is 29.5 Å². The van der Waals surface area contributed by atoms with Crippen LogP contribution in [-0.2, 0) is 0 Å². The molecule has 2 aliphatic heterocycles. The number of hydrogen-bond donors (Lipinski definition) is 1. The van der Waals surface area contributed by atoms with Crippen molar-refractivity contribution in [1.29, 1.82) is 0 Å². The molecule has 2 aromatic rings. The molecule has 0 spiro atoms. The van der Waals surface area contributed by atoms with Gasteiger partial charge in [-0.05, 0) is 63.3 Å². The lowest BCUT2D eigenvalue weighted by atomic mass is 9.78. The molecular formula is C23H28N2O. The summed E-state index contributed by atoms with van der Waals surface area (Å²) in [5, 5.41) is 3.44. The first-order valence-corrected chi connectivity index (χ1v) is 9.68. The Balaban J connectivity index is 1.72. The number of benzene rings is 2. The topological polar surface area (TPSA) is 32.3 Å². The molecule has 26 heavy (non-hydrogen) atoms. The highest BCUT2D eigenvalue weighted by atomic mass is 16.1. The molecule has 4 rings (SSSR count). The molecule has 2 heterocycles. The van der Waals surface area contributed by atoms with Gasteiger partial charge >= 0.3 is 0 Å². The fourth-order valence-electron chi connectivity index (χ4n) is 5.25. The summed E-state index contributed by atoms with van der Waals surface area (Å²) in [6, 6.07) is 17.2. The number of hydrogen-bond acceptors (Lipinski definition) is 2. The van der Waals surface area contributed by atoms with Gasteiger partial charge in [0.25, 0.3) is 5.91 Å². The van der Waals surface area contributed by atoms with Crippen molar-refractivity contribution in [2.24, 2.45) is 0 Å². The minimum absolute atomic E-state index is 0.0210. The van der Waals surface area contributed by atoms with E-state index in [1.807, 2.05) is 38.1 Å². The maximum atomic E-state index is 13.3. The van der Waals surface area contributed by atoms with Crippen LogP contribution in [0.1, 0.15) is 58.8 Å². The molecule has 1 N–H and O–H groups in total. The summed E-state index contributed by atoms with van der Waals surface area (Å²) in [6.07, 6.45) is 4.78. The Bertz CT molecular complexity index is 786. The molecule has 136 valence electrons. The Morgan fingerprint density at radius 1 is 1.04 bits per heavy atom. The van der Waals surface area contributed by atoms with Crippen LogP contribution < -0.4 is 5.32 Å². The molecule has 0 saturated carbocycles. The van der Waals surface area contributed by atoms with Crippen LogP contribution in [0.15, 0.2) is 48.5 Å². The third-order valence-electron chi connectivity index (χ3n) is 6.72. The third-order valence-corrected chi connectivity index (χ3v) is 6.72. The predicted molar refractivity (Wildman–Crippen MR) is 105 cm³/mol. The first-order chi connectivity index (χ1) is 12.5. The van der Waals surface area contributed by atoms with Crippen molar-refractivity contribution in [3.63, 3.8) is 0 Å². The number of likely N-dealkylation sites (N-methyl/N-ethyl adjacent to an activating group) is 1. The van der Waals surface area contributed by atoms with Gasteiger partial charge in [-0.25, -0.2) is 0 Å². The molecule has 1 amide bonds. The largest absolute Gasteiger partial charge is 0.343 e. The van der Waals surface area contributed by atoms with Crippen LogP contribution in [-0.4, -0.2) is 29.4 Å². The van der Waals surface area contributed by atoms with E-state index >= 15 is 0 Å². The van der Waals surface area contributed by atoms with E-state index in [0.29, 0.717) is 6.04 Å². The normalized spacial score (nSPS) is 26.0. The lowest BCUT2D eigenvalue weighted by Gasteiger charge is -2.41. The molecule has 0 unspecified atom stereocenters. The molecule has 2 bridgehead atoms. The highest BCUT2D eigenvalue weighted by Gasteiger charge is 2.54. The van der Waals surface area contributed by atoms with Crippen LogP contribution in [0.3, 0.4) is 0 Å². The van der Waals surface area contributed by atoms with Crippen LogP contribution in [0.4, 0.5) is 0 Å². The summed E-state index contributed by atoms with van der Waals surface area (Å²) < 4.78 is 0. The zero-order chi connectivity index (χ0) is 18.3. The second kappa shape index (κ2) is 6.55. The maximum absolute atomic E-state index is 13.3. The van der Waals surface area contributed by atoms with Gasteiger partial charge < -0.3 is 5.32 Å². The van der Waals surface area contributed by atoms with Gasteiger partial charge in [0.15, 0.2) is 0 Å². The van der Waals surface area contributed by atoms with Crippen LogP contribution in [0.25, 0.3) is 0 Å². The molecule has 0 aromatic heterocycles. The molecule has 2 saturated heterocycles. The second-order valence-corrected chi connectivity index (χ2v) is 8.03. The Morgan fingerprint density at radius 2 is 1.65 bits per heavy atom. The fraction of sp³-hybridized carbons (Fsp3) is 0.435. The summed E-state index contributed by atoms with van der Waals surface area (Å²) in [4.78, 5) is 15.8. The van der Waals surface area contributed by atoms with Crippen molar-refractivity contribution < 1.29 is 4.79 Å². The van der Waals surface area contributed by atoms with E-state index in [4.69, 9.17) is 0 Å². The number of nitrogens with one attached hydrogen (secondary N) is 1. The number of amides is 1. The number of aryl methyl sites for hydroxylation is 2. The molecule has 0 radical (unpaired) electrons. The standard InChI is InChI=1S/C23H28N2O/c1-16-8-7-9-17(2)20(16)22(26)24-21(18-10-5-4-6-11-18)23-14-12-19(13-15-23)25(23)3/h4-11,19,21H,12-15H2,1-3H3,(H,24,26)/t19?,21-,23?/m0/s1. The molecule has 2 aliphatic rings. The van der Waals surface area contributed by atoms with Gasteiger partial charge in [-0.15, -0.1) is 0 Å². The predicted octanol–water partition coefficient (Wildman–Crippen LogP) is 4.40. The average molecular weight is 348 g/mol. The minimum atomic E-state index is 0.0210. The van der Waals surface area contributed by atoms with E-state index < -0.39 is 0 Å². The number of nitrogens with zero attached hydrogens (tertiary/aromatic N) is 1. The second-order valence-electron chi connectivity index (χ2n) is 8.03. The van der Waals surface area contributed by atoms with E-state index in [9.17, 15) is 4.79 Å². The first-order valence-electron chi connectivity index (χ1n) is 9.68. The van der Waals surface area contributed by atoms with Crippen LogP contribution in [0.2, 0.25) is 0 Å². The van der Waals surface area contributed by atoms with Gasteiger partial charge in [0.1, 0.15) is 0 Å². The number of carbonyl (C=O) groups is 1. The lowest BCUT2D eigenvalue weighted by Crippen LogP contribution is -2.51. The maximum Gasteiger partial charge on any atom is 0.252 e. The lowest BCUT2D eigenvalue weighted by molar-refractivity contribution is 0.0836. The fourth-order valence-corrected chi connectivity index (χ4v) is 5.25. The zero-order valence-corrected chi connectivity index (χ0v) is 16.0. The summed E-state index contributed by atoms with van der Waals surface area (Å²) in [7, 11) is 2.24. The van der Waals surface area contributed by atoms with Gasteiger partial charge in [-0.1, -0.05) is 48.5 Å². The van der Waals surface area contributed by atoms with Crippen LogP contribution in [0, 0.1) is 13.8 Å². The first kappa shape index (κ1) is 17.3. The monoisotopic (exact) mass is 348 g/mol. The Hall–Kier alpha value is -2.13. The average Bonchev–Trinajstić information content (AvgIpc) is 3.13. The molecule has 2 fully saturated rings. The Morgan fingerprint density at radius 3 is 2.19 bits per heavy atom. The molecule has 0 aliphatic carbocycles. The number of fused-ring (bicyclic) bond motifs is 2. The molecular weight excluding hydrogens is 320 g/mol. The number of rotatable bonds is 4. The highest BCUT2D eigenvalue weighted by Crippen LogP contribution is 2.51. The van der Waals surface area contributed by atoms with E-state index in [1.54, 1.807) is 0 Å². The smallest absolute Gasteiger partial charge is 0.252 e. The van der Waals surface area contributed by atoms with Crippen molar-refractivity contribution in [2.75, 3.05) is 7.05 Å². The quantitative estimate of drug-likeness (QED) is 0.888. The summed E-state index contributed by atoms with van der Waals surface area (Å²) in [5.74, 6) is 0.0487. The summed E-state index contributed by atoms with van der Waals surface area (Å²) >= 11 is 0. The highest BCUT2D eigenvalue weighted by molar-refractivity contribution is 5.97. The van der Waals surface area contributed by atoms with Crippen molar-refractivity contribution in [3.05, 3.63) is 70.8 Å². The van der Waals surface area contributed by atoms with Gasteiger partial charge in [0, 0.05) is 17.1 Å². The summed E-state index contributed by atoms with van der Waals surface area (Å²) in [6.45, 7) is 4.04. The van der Waals surface area contributed by atoms with E-state index in [-0.39, 0.29) is 17.5 Å². The van der Waals surface area contributed by atoms with Crippen molar-refractivity contribution in [3.8, 4) is 0 Å². The molecule has 1 atom stereocenters. The number of carbonyl (C=O) groups excluding carboxylic acids is 1. The Kier molecular flexibility index (Phi) is 4.36. The van der Waals surface area contributed by atoms with Crippen LogP contribution >= 0.6 is 0 Å². The minimum Gasteiger partial charge on any atom is -0.343 e. The summed E-state index contributed by atoms with van der Waals surface area (Å²) in [5.41, 5.74) is 4.14. The van der Waals surface area contributed by atoms with Gasteiger partial charge in [-0.3, -0.25) is 9.69 Å². The van der Waals surface area contributed by atoms with E-state index in [2.05, 4.69) is 41.5 Å². The zero-order valence-electron chi connectivity index (χ0n) is 16.0. The van der Waals surface area contributed by atoms with Gasteiger partial charge in [0.2, 0.25) is 0 Å². The van der Waals surface area contributed by atoms with Crippen molar-refractivity contribution in [2.45, 2.75) is 57.2 Å². The van der Waals surface area contributed by atoms with Crippen molar-refractivity contribution in [1.82, 2.24) is 10.2 Å². The SMILES string of the molecule is Cc1cccc(C)c1C(=O)N[C@@H](c1ccccc1)C12CCC(CC1)N2C. The Labute approximate surface area is 156 Å². The molecule has 3 heteroatoms. The van der Waals surface area contributed by atoms with Crippen molar-refractivity contribution >= 4 is 5.91 Å². The van der Waals surface area contributed by atoms with Crippen LogP contribution in [0.5, 0.6) is 0 Å². The third kappa shape index (κ3) is 2.66. The molecule has 3 nitrogen and oxygen atoms in total. The van der Waals surface area contributed by atoms with E-state index in [1.165, 1.54) is 18.4 Å². The van der Waals surface area contributed by atoms with Gasteiger partial charge in [-0.2, -0.15) is 0 Å².